The summed E-state index contributed by atoms with van der Waals surface area (Å²) in [7, 11) is 0. The number of ether oxygens (including phenoxy) is 1. The minimum Gasteiger partial charge on any atom is -0.487 e. The Morgan fingerprint density at radius 3 is 3.15 bits per heavy atom. The van der Waals surface area contributed by atoms with E-state index in [0.29, 0.717) is 11.2 Å². The first-order valence-electron chi connectivity index (χ1n) is 8.53. The minimum absolute atomic E-state index is 0.0915. The standard InChI is InChI=1S/C18H20N4O2S2/c1-11-7-13(24-16-3-5-19-15-4-6-25-17(15)16)9-22(11)10-14-8-20-18(26-14)21-12(2)23/h3-6,8,11,13H,7,9-10H2,1-2H3,(H,20,21,23)/t11-,13+/m0/s1. The van der Waals surface area contributed by atoms with Crippen molar-refractivity contribution in [2.24, 2.45) is 0 Å². The van der Waals surface area contributed by atoms with Crippen LogP contribution >= 0.6 is 22.7 Å². The van der Waals surface area contributed by atoms with Gasteiger partial charge >= 0.3 is 0 Å². The zero-order chi connectivity index (χ0) is 18.1. The van der Waals surface area contributed by atoms with Crippen molar-refractivity contribution in [1.29, 1.82) is 0 Å². The first kappa shape index (κ1) is 17.4. The number of rotatable bonds is 5. The summed E-state index contributed by atoms with van der Waals surface area (Å²) in [4.78, 5) is 23.3. The van der Waals surface area contributed by atoms with Crippen LogP contribution in [0.25, 0.3) is 10.2 Å². The monoisotopic (exact) mass is 388 g/mol. The maximum atomic E-state index is 11.1. The van der Waals surface area contributed by atoms with E-state index in [1.165, 1.54) is 18.3 Å². The van der Waals surface area contributed by atoms with Gasteiger partial charge in [-0.2, -0.15) is 0 Å². The molecule has 0 saturated carbocycles. The van der Waals surface area contributed by atoms with Crippen molar-refractivity contribution in [3.63, 3.8) is 0 Å². The molecule has 0 aromatic carbocycles. The Kier molecular flexibility index (Phi) is 4.88. The molecule has 0 radical (unpaired) electrons. The number of thiazole rings is 1. The fraction of sp³-hybridized carbons (Fsp3) is 0.389. The largest absolute Gasteiger partial charge is 0.487 e. The molecule has 0 spiro atoms. The Morgan fingerprint density at radius 2 is 2.31 bits per heavy atom. The highest BCUT2D eigenvalue weighted by Crippen LogP contribution is 2.32. The number of carbonyl (C=O) groups is 1. The van der Waals surface area contributed by atoms with E-state index in [-0.39, 0.29) is 12.0 Å². The number of amides is 1. The zero-order valence-corrected chi connectivity index (χ0v) is 16.3. The Morgan fingerprint density at radius 1 is 1.42 bits per heavy atom. The number of pyridine rings is 1. The molecule has 2 atom stereocenters. The molecule has 0 aliphatic carbocycles. The van der Waals surface area contributed by atoms with E-state index in [9.17, 15) is 4.79 Å². The van der Waals surface area contributed by atoms with Crippen molar-refractivity contribution in [3.05, 3.63) is 34.8 Å². The maximum Gasteiger partial charge on any atom is 0.223 e. The van der Waals surface area contributed by atoms with Gasteiger partial charge in [0.1, 0.15) is 11.9 Å². The summed E-state index contributed by atoms with van der Waals surface area (Å²) < 4.78 is 7.41. The number of aromatic nitrogens is 2. The average molecular weight is 389 g/mol. The van der Waals surface area contributed by atoms with E-state index in [0.717, 1.165) is 40.4 Å². The van der Waals surface area contributed by atoms with Crippen molar-refractivity contribution in [1.82, 2.24) is 14.9 Å². The van der Waals surface area contributed by atoms with Gasteiger partial charge in [-0.1, -0.05) is 0 Å². The number of fused-ring (bicyclic) bond motifs is 1. The van der Waals surface area contributed by atoms with E-state index >= 15 is 0 Å². The molecule has 1 aliphatic heterocycles. The second kappa shape index (κ2) is 7.30. The number of nitrogens with one attached hydrogen (secondary N) is 1. The minimum atomic E-state index is -0.0915. The maximum absolute atomic E-state index is 11.1. The van der Waals surface area contributed by atoms with Gasteiger partial charge in [-0.05, 0) is 24.4 Å². The first-order valence-corrected chi connectivity index (χ1v) is 10.2. The normalized spacial score (nSPS) is 20.5. The summed E-state index contributed by atoms with van der Waals surface area (Å²) in [5.41, 5.74) is 0.991. The quantitative estimate of drug-likeness (QED) is 0.721. The molecule has 3 aromatic rings. The molecule has 3 aromatic heterocycles. The van der Waals surface area contributed by atoms with Crippen LogP contribution in [0.15, 0.2) is 29.9 Å². The van der Waals surface area contributed by atoms with Crippen LogP contribution in [-0.2, 0) is 11.3 Å². The molecule has 0 unspecified atom stereocenters. The number of hydrogen-bond acceptors (Lipinski definition) is 7. The third-order valence-corrected chi connectivity index (χ3v) is 6.28. The number of hydrogen-bond donors (Lipinski definition) is 1. The Bertz CT molecular complexity index is 923. The molecule has 26 heavy (non-hydrogen) atoms. The van der Waals surface area contributed by atoms with Crippen LogP contribution in [0.2, 0.25) is 0 Å². The van der Waals surface area contributed by atoms with E-state index < -0.39 is 0 Å². The SMILES string of the molecule is CC(=O)Nc1ncc(CN2C[C@H](Oc3ccnc4ccsc34)C[C@@H]2C)s1. The van der Waals surface area contributed by atoms with Crippen molar-refractivity contribution in [2.45, 2.75) is 39.0 Å². The Balaban J connectivity index is 1.40. The van der Waals surface area contributed by atoms with E-state index in [1.54, 1.807) is 17.5 Å². The molecular weight excluding hydrogens is 368 g/mol. The molecule has 4 heterocycles. The van der Waals surface area contributed by atoms with Crippen LogP contribution in [0, 0.1) is 0 Å². The number of carbonyl (C=O) groups excluding carboxylic acids is 1. The highest BCUT2D eigenvalue weighted by molar-refractivity contribution is 7.17. The fourth-order valence-electron chi connectivity index (χ4n) is 3.26. The smallest absolute Gasteiger partial charge is 0.223 e. The van der Waals surface area contributed by atoms with Crippen molar-refractivity contribution < 1.29 is 9.53 Å². The van der Waals surface area contributed by atoms with Gasteiger partial charge < -0.3 is 10.1 Å². The third-order valence-electron chi connectivity index (χ3n) is 4.46. The molecule has 1 saturated heterocycles. The number of nitrogens with zero attached hydrogens (tertiary/aromatic N) is 3. The summed E-state index contributed by atoms with van der Waals surface area (Å²) in [6.45, 7) is 5.42. The number of likely N-dealkylation sites (tertiary alicyclic amines) is 1. The summed E-state index contributed by atoms with van der Waals surface area (Å²) in [5.74, 6) is 0.834. The fourth-order valence-corrected chi connectivity index (χ4v) is 4.95. The predicted molar refractivity (Wildman–Crippen MR) is 105 cm³/mol. The van der Waals surface area contributed by atoms with Gasteiger partial charge in [0.05, 0.1) is 10.2 Å². The summed E-state index contributed by atoms with van der Waals surface area (Å²) >= 11 is 3.19. The van der Waals surface area contributed by atoms with Crippen LogP contribution in [0.3, 0.4) is 0 Å². The Hall–Kier alpha value is -2.03. The zero-order valence-electron chi connectivity index (χ0n) is 14.6. The molecule has 1 fully saturated rings. The lowest BCUT2D eigenvalue weighted by Crippen LogP contribution is -2.27. The summed E-state index contributed by atoms with van der Waals surface area (Å²) in [5, 5.41) is 5.44. The summed E-state index contributed by atoms with van der Waals surface area (Å²) in [6.07, 6.45) is 4.81. The molecule has 1 amide bonds. The molecule has 6 nitrogen and oxygen atoms in total. The van der Waals surface area contributed by atoms with Gasteiger partial charge in [-0.25, -0.2) is 4.98 Å². The van der Waals surface area contributed by atoms with Gasteiger partial charge in [-0.3, -0.25) is 14.7 Å². The van der Waals surface area contributed by atoms with E-state index in [2.05, 4.69) is 27.1 Å². The van der Waals surface area contributed by atoms with Crippen molar-refractivity contribution >= 4 is 43.9 Å². The highest BCUT2D eigenvalue weighted by atomic mass is 32.1. The van der Waals surface area contributed by atoms with Gasteiger partial charge in [0, 0.05) is 49.7 Å². The van der Waals surface area contributed by atoms with Gasteiger partial charge in [0.15, 0.2) is 5.13 Å². The van der Waals surface area contributed by atoms with Crippen LogP contribution in [-0.4, -0.2) is 39.5 Å². The molecule has 8 heteroatoms. The molecular formula is C18H20N4O2S2. The topological polar surface area (TPSA) is 67.4 Å². The lowest BCUT2D eigenvalue weighted by atomic mass is 10.2. The molecule has 136 valence electrons. The van der Waals surface area contributed by atoms with Gasteiger partial charge in [-0.15, -0.1) is 22.7 Å². The second-order valence-electron chi connectivity index (χ2n) is 6.51. The first-order chi connectivity index (χ1) is 12.6. The second-order valence-corrected chi connectivity index (χ2v) is 8.54. The predicted octanol–water partition coefficient (Wildman–Crippen LogP) is 3.75. The van der Waals surface area contributed by atoms with Crippen molar-refractivity contribution in [3.8, 4) is 5.75 Å². The van der Waals surface area contributed by atoms with Crippen LogP contribution in [0.4, 0.5) is 5.13 Å². The van der Waals surface area contributed by atoms with Crippen molar-refractivity contribution in [2.75, 3.05) is 11.9 Å². The molecule has 0 bridgehead atoms. The lowest BCUT2D eigenvalue weighted by Gasteiger charge is -2.19. The molecule has 1 aliphatic rings. The highest BCUT2D eigenvalue weighted by Gasteiger charge is 2.31. The Labute approximate surface area is 159 Å². The lowest BCUT2D eigenvalue weighted by molar-refractivity contribution is -0.114. The summed E-state index contributed by atoms with van der Waals surface area (Å²) in [6, 6.07) is 4.41. The van der Waals surface area contributed by atoms with Crippen LogP contribution in [0.5, 0.6) is 5.75 Å². The third kappa shape index (κ3) is 3.72. The van der Waals surface area contributed by atoms with Gasteiger partial charge in [0.25, 0.3) is 0 Å². The van der Waals surface area contributed by atoms with Crippen LogP contribution < -0.4 is 10.1 Å². The molecule has 4 rings (SSSR count). The molecule has 1 N–H and O–H groups in total. The number of thiophene rings is 1. The van der Waals surface area contributed by atoms with E-state index in [1.807, 2.05) is 23.7 Å². The number of anilines is 1. The van der Waals surface area contributed by atoms with Crippen LogP contribution in [0.1, 0.15) is 25.1 Å². The van der Waals surface area contributed by atoms with Gasteiger partial charge in [0.2, 0.25) is 5.91 Å². The average Bonchev–Trinajstić information content (AvgIpc) is 3.29. The van der Waals surface area contributed by atoms with E-state index in [4.69, 9.17) is 4.74 Å².